The van der Waals surface area contributed by atoms with Crippen molar-refractivity contribution in [1.82, 2.24) is 0 Å². The van der Waals surface area contributed by atoms with E-state index in [2.05, 4.69) is 24.5 Å². The van der Waals surface area contributed by atoms with Gasteiger partial charge < -0.3 is 10.6 Å². The lowest BCUT2D eigenvalue weighted by Crippen LogP contribution is -2.16. The Bertz CT molecular complexity index is 780. The van der Waals surface area contributed by atoms with Crippen molar-refractivity contribution in [2.75, 3.05) is 10.6 Å². The van der Waals surface area contributed by atoms with E-state index in [4.69, 9.17) is 0 Å². The molecule has 25 heavy (non-hydrogen) atoms. The number of nitrogens with one attached hydrogen (secondary N) is 2. The standard InChI is InChI=1S/C20H22N2O3/c1-13(2)17-6-4-5-7-18(17)22-20(25)15-8-10-16(11-9-15)21-19(24)12-14(3)23/h4-11,13H,12H2,1-3H3,(H,21,24)(H,22,25). The zero-order valence-electron chi connectivity index (χ0n) is 14.6. The van der Waals surface area contributed by atoms with Crippen LogP contribution in [0.3, 0.4) is 0 Å². The van der Waals surface area contributed by atoms with Crippen LogP contribution in [0, 0.1) is 0 Å². The average molecular weight is 338 g/mol. The zero-order valence-corrected chi connectivity index (χ0v) is 14.6. The third kappa shape index (κ3) is 5.28. The molecule has 2 rings (SSSR count). The van der Waals surface area contributed by atoms with E-state index in [-0.39, 0.29) is 24.0 Å². The molecule has 5 heteroatoms. The van der Waals surface area contributed by atoms with Crippen molar-refractivity contribution < 1.29 is 14.4 Å². The predicted molar refractivity (Wildman–Crippen MR) is 98.9 cm³/mol. The topological polar surface area (TPSA) is 75.3 Å². The number of carbonyl (C=O) groups excluding carboxylic acids is 3. The lowest BCUT2D eigenvalue weighted by molar-refractivity contribution is -0.124. The molecule has 0 spiro atoms. The fraction of sp³-hybridized carbons (Fsp3) is 0.250. The molecule has 130 valence electrons. The van der Waals surface area contributed by atoms with Gasteiger partial charge in [-0.3, -0.25) is 14.4 Å². The Labute approximate surface area is 147 Å². The van der Waals surface area contributed by atoms with Crippen molar-refractivity contribution in [1.29, 1.82) is 0 Å². The molecule has 5 nitrogen and oxygen atoms in total. The molecule has 0 unspecified atom stereocenters. The van der Waals surface area contributed by atoms with Crippen LogP contribution in [0.2, 0.25) is 0 Å². The van der Waals surface area contributed by atoms with Crippen LogP contribution in [0.25, 0.3) is 0 Å². The molecule has 0 aliphatic rings. The molecular weight excluding hydrogens is 316 g/mol. The number of amides is 2. The number of Topliss-reactive ketones (excluding diaryl/α,β-unsaturated/α-hetero) is 1. The monoisotopic (exact) mass is 338 g/mol. The normalized spacial score (nSPS) is 10.4. The minimum Gasteiger partial charge on any atom is -0.326 e. The van der Waals surface area contributed by atoms with E-state index in [0.717, 1.165) is 11.3 Å². The first kappa shape index (κ1) is 18.4. The van der Waals surface area contributed by atoms with Gasteiger partial charge in [0.2, 0.25) is 5.91 Å². The predicted octanol–water partition coefficient (Wildman–Crippen LogP) is 3.98. The molecule has 0 aromatic heterocycles. The number of anilines is 2. The molecule has 0 saturated carbocycles. The van der Waals surface area contributed by atoms with Crippen molar-refractivity contribution in [3.63, 3.8) is 0 Å². The lowest BCUT2D eigenvalue weighted by Gasteiger charge is -2.13. The maximum Gasteiger partial charge on any atom is 0.255 e. The molecule has 2 amide bonds. The second kappa shape index (κ2) is 8.24. The molecule has 0 aliphatic carbocycles. The van der Waals surface area contributed by atoms with E-state index >= 15 is 0 Å². The summed E-state index contributed by atoms with van der Waals surface area (Å²) in [5.74, 6) is -0.474. The Hall–Kier alpha value is -2.95. The van der Waals surface area contributed by atoms with Crippen LogP contribution in [0.15, 0.2) is 48.5 Å². The number of rotatable bonds is 6. The highest BCUT2D eigenvalue weighted by Crippen LogP contribution is 2.24. The highest BCUT2D eigenvalue weighted by molar-refractivity contribution is 6.06. The van der Waals surface area contributed by atoms with E-state index in [1.165, 1.54) is 6.92 Å². The van der Waals surface area contributed by atoms with Gasteiger partial charge in [-0.25, -0.2) is 0 Å². The van der Waals surface area contributed by atoms with E-state index < -0.39 is 0 Å². The molecule has 0 heterocycles. The summed E-state index contributed by atoms with van der Waals surface area (Å²) in [5.41, 5.74) is 2.90. The van der Waals surface area contributed by atoms with Crippen LogP contribution < -0.4 is 10.6 Å². The summed E-state index contributed by atoms with van der Waals surface area (Å²) in [4.78, 5) is 34.9. The molecule has 0 fully saturated rings. The lowest BCUT2D eigenvalue weighted by atomic mass is 10.0. The summed E-state index contributed by atoms with van der Waals surface area (Å²) in [5, 5.41) is 5.55. The SMILES string of the molecule is CC(=O)CC(=O)Nc1ccc(C(=O)Nc2ccccc2C(C)C)cc1. The van der Waals surface area contributed by atoms with E-state index in [9.17, 15) is 14.4 Å². The van der Waals surface area contributed by atoms with Crippen molar-refractivity contribution in [3.05, 3.63) is 59.7 Å². The average Bonchev–Trinajstić information content (AvgIpc) is 2.55. The minimum atomic E-state index is -0.365. The van der Waals surface area contributed by atoms with Crippen molar-refractivity contribution >= 4 is 29.0 Å². The first-order valence-electron chi connectivity index (χ1n) is 8.16. The van der Waals surface area contributed by atoms with Gasteiger partial charge in [0.25, 0.3) is 5.91 Å². The first-order valence-corrected chi connectivity index (χ1v) is 8.16. The Morgan fingerprint density at radius 3 is 2.16 bits per heavy atom. The number of hydrogen-bond acceptors (Lipinski definition) is 3. The fourth-order valence-electron chi connectivity index (χ4n) is 2.45. The Kier molecular flexibility index (Phi) is 6.06. The van der Waals surface area contributed by atoms with Crippen molar-refractivity contribution in [2.24, 2.45) is 0 Å². The van der Waals surface area contributed by atoms with Crippen LogP contribution in [0.5, 0.6) is 0 Å². The summed E-state index contributed by atoms with van der Waals surface area (Å²) in [6.07, 6.45) is -0.159. The van der Waals surface area contributed by atoms with Crippen LogP contribution in [-0.2, 0) is 9.59 Å². The molecular formula is C20H22N2O3. The Balaban J connectivity index is 2.06. The van der Waals surface area contributed by atoms with E-state index in [1.54, 1.807) is 24.3 Å². The van der Waals surface area contributed by atoms with Crippen LogP contribution in [0.4, 0.5) is 11.4 Å². The van der Waals surface area contributed by atoms with Crippen LogP contribution >= 0.6 is 0 Å². The highest BCUT2D eigenvalue weighted by Gasteiger charge is 2.11. The summed E-state index contributed by atoms with van der Waals surface area (Å²) in [6.45, 7) is 5.51. The third-order valence-electron chi connectivity index (χ3n) is 3.67. The first-order chi connectivity index (χ1) is 11.9. The molecule has 2 aromatic rings. The van der Waals surface area contributed by atoms with Gasteiger partial charge in [-0.2, -0.15) is 0 Å². The van der Waals surface area contributed by atoms with Crippen molar-refractivity contribution in [3.8, 4) is 0 Å². The smallest absolute Gasteiger partial charge is 0.255 e. The van der Waals surface area contributed by atoms with Gasteiger partial charge >= 0.3 is 0 Å². The maximum atomic E-state index is 12.4. The Morgan fingerprint density at radius 1 is 0.920 bits per heavy atom. The fourth-order valence-corrected chi connectivity index (χ4v) is 2.45. The molecule has 2 aromatic carbocycles. The Morgan fingerprint density at radius 2 is 1.56 bits per heavy atom. The number of benzene rings is 2. The molecule has 0 bridgehead atoms. The second-order valence-electron chi connectivity index (χ2n) is 6.20. The molecule has 2 N–H and O–H groups in total. The van der Waals surface area contributed by atoms with Gasteiger partial charge in [0.15, 0.2) is 0 Å². The van der Waals surface area contributed by atoms with Gasteiger partial charge in [-0.1, -0.05) is 32.0 Å². The molecule has 0 atom stereocenters. The number of hydrogen-bond donors (Lipinski definition) is 2. The minimum absolute atomic E-state index is 0.159. The zero-order chi connectivity index (χ0) is 18.4. The summed E-state index contributed by atoms with van der Waals surface area (Å²) in [6, 6.07) is 14.3. The largest absolute Gasteiger partial charge is 0.326 e. The second-order valence-corrected chi connectivity index (χ2v) is 6.20. The van der Waals surface area contributed by atoms with Gasteiger partial charge in [0, 0.05) is 16.9 Å². The summed E-state index contributed by atoms with van der Waals surface area (Å²) in [7, 11) is 0. The quantitative estimate of drug-likeness (QED) is 0.782. The number of para-hydroxylation sites is 1. The van der Waals surface area contributed by atoms with Crippen molar-refractivity contribution in [2.45, 2.75) is 33.1 Å². The third-order valence-corrected chi connectivity index (χ3v) is 3.67. The van der Waals surface area contributed by atoms with Gasteiger partial charge in [0.1, 0.15) is 5.78 Å². The summed E-state index contributed by atoms with van der Waals surface area (Å²) >= 11 is 0. The number of ketones is 1. The van der Waals surface area contributed by atoms with Gasteiger partial charge in [-0.05, 0) is 48.7 Å². The summed E-state index contributed by atoms with van der Waals surface area (Å²) < 4.78 is 0. The maximum absolute atomic E-state index is 12.4. The van der Waals surface area contributed by atoms with Gasteiger partial charge in [-0.15, -0.1) is 0 Å². The molecule has 0 saturated heterocycles. The van der Waals surface area contributed by atoms with E-state index in [1.807, 2.05) is 24.3 Å². The van der Waals surface area contributed by atoms with Crippen LogP contribution in [-0.4, -0.2) is 17.6 Å². The highest BCUT2D eigenvalue weighted by atomic mass is 16.2. The molecule has 0 radical (unpaired) electrons. The molecule has 0 aliphatic heterocycles. The van der Waals surface area contributed by atoms with Gasteiger partial charge in [0.05, 0.1) is 6.42 Å². The van der Waals surface area contributed by atoms with Crippen LogP contribution in [0.1, 0.15) is 49.0 Å². The number of carbonyl (C=O) groups is 3. The van der Waals surface area contributed by atoms with E-state index in [0.29, 0.717) is 17.2 Å².